The van der Waals surface area contributed by atoms with Gasteiger partial charge in [0.2, 0.25) is 0 Å². The van der Waals surface area contributed by atoms with E-state index in [4.69, 9.17) is 0 Å². The van der Waals surface area contributed by atoms with E-state index >= 15 is 0 Å². The lowest BCUT2D eigenvalue weighted by atomic mass is 10.0. The van der Waals surface area contributed by atoms with Crippen LogP contribution in [0.25, 0.3) is 11.4 Å². The van der Waals surface area contributed by atoms with E-state index in [9.17, 15) is 0 Å². The van der Waals surface area contributed by atoms with Crippen molar-refractivity contribution in [2.24, 2.45) is 0 Å². The molecule has 3 heteroatoms. The van der Waals surface area contributed by atoms with Crippen molar-refractivity contribution >= 4 is 12.6 Å². The molecule has 0 aliphatic rings. The van der Waals surface area contributed by atoms with E-state index < -0.39 is 0 Å². The van der Waals surface area contributed by atoms with Gasteiger partial charge in [0.15, 0.2) is 0 Å². The van der Waals surface area contributed by atoms with Gasteiger partial charge < -0.3 is 0 Å². The molecule has 2 nitrogen and oxygen atoms in total. The molecule has 0 atom stereocenters. The fourth-order valence-corrected chi connectivity index (χ4v) is 2.64. The van der Waals surface area contributed by atoms with Crippen molar-refractivity contribution in [2.75, 3.05) is 5.75 Å². The number of unbranched alkanes of at least 4 members (excludes halogenated alkanes) is 4. The Bertz CT molecular complexity index is 554. The average molecular weight is 300 g/mol. The van der Waals surface area contributed by atoms with E-state index in [0.29, 0.717) is 0 Å². The number of nitrogens with zero attached hydrogens (tertiary/aromatic N) is 2. The maximum Gasteiger partial charge on any atom is 0.0888 e. The minimum Gasteiger partial charge on any atom is -0.255 e. The molecule has 0 aliphatic heterocycles. The molecule has 2 aromatic heterocycles. The lowest BCUT2D eigenvalue weighted by molar-refractivity contribution is 0.635. The van der Waals surface area contributed by atoms with Crippen LogP contribution in [-0.4, -0.2) is 15.7 Å². The third-order valence-electron chi connectivity index (χ3n) is 3.63. The molecule has 0 N–H and O–H groups in total. The highest BCUT2D eigenvalue weighted by molar-refractivity contribution is 7.80. The maximum atomic E-state index is 4.45. The predicted molar refractivity (Wildman–Crippen MR) is 92.8 cm³/mol. The van der Waals surface area contributed by atoms with Crippen LogP contribution < -0.4 is 0 Å². The van der Waals surface area contributed by atoms with Gasteiger partial charge in [0.25, 0.3) is 0 Å². The number of aryl methyl sites for hydroxylation is 2. The highest BCUT2D eigenvalue weighted by Crippen LogP contribution is 2.18. The summed E-state index contributed by atoms with van der Waals surface area (Å²) in [6.45, 7) is 2.08. The highest BCUT2D eigenvalue weighted by Gasteiger charge is 2.02. The fraction of sp³-hybridized carbons (Fsp3) is 0.444. The summed E-state index contributed by atoms with van der Waals surface area (Å²) in [5, 5.41) is 0. The van der Waals surface area contributed by atoms with Crippen LogP contribution in [-0.2, 0) is 6.42 Å². The van der Waals surface area contributed by atoms with Crippen LogP contribution in [0.4, 0.5) is 0 Å². The number of hydrogen-bond acceptors (Lipinski definition) is 3. The SMILES string of the molecule is Cc1ccnc(-c2cc(CCCCCCCS)ccn2)c1. The summed E-state index contributed by atoms with van der Waals surface area (Å²) in [6.07, 6.45) is 11.3. The molecule has 0 amide bonds. The van der Waals surface area contributed by atoms with Gasteiger partial charge in [-0.05, 0) is 67.3 Å². The number of thiol groups is 1. The Morgan fingerprint density at radius 3 is 2.29 bits per heavy atom. The predicted octanol–water partition coefficient (Wildman–Crippen LogP) is 4.87. The summed E-state index contributed by atoms with van der Waals surface area (Å²) >= 11 is 4.24. The summed E-state index contributed by atoms with van der Waals surface area (Å²) in [5.41, 5.74) is 4.52. The molecule has 0 aromatic carbocycles. The van der Waals surface area contributed by atoms with E-state index in [2.05, 4.69) is 47.7 Å². The van der Waals surface area contributed by atoms with Crippen LogP contribution in [0.1, 0.15) is 43.2 Å². The Balaban J connectivity index is 1.89. The van der Waals surface area contributed by atoms with Crippen LogP contribution in [0.3, 0.4) is 0 Å². The van der Waals surface area contributed by atoms with Gasteiger partial charge in [-0.15, -0.1) is 0 Å². The average Bonchev–Trinajstić information content (AvgIpc) is 2.51. The van der Waals surface area contributed by atoms with Gasteiger partial charge in [-0.2, -0.15) is 12.6 Å². The Hall–Kier alpha value is -1.35. The van der Waals surface area contributed by atoms with Gasteiger partial charge in [-0.3, -0.25) is 9.97 Å². The number of aromatic nitrogens is 2. The first-order valence-electron chi connectivity index (χ1n) is 7.78. The summed E-state index contributed by atoms with van der Waals surface area (Å²) in [5.74, 6) is 1.01. The number of hydrogen-bond donors (Lipinski definition) is 1. The smallest absolute Gasteiger partial charge is 0.0888 e. The second-order valence-electron chi connectivity index (χ2n) is 5.51. The standard InChI is InChI=1S/C18H24N2S/c1-15-8-10-19-17(13-15)18-14-16(9-11-20-18)7-5-3-2-4-6-12-21/h8-11,13-14,21H,2-7,12H2,1H3. The van der Waals surface area contributed by atoms with E-state index in [1.54, 1.807) is 0 Å². The van der Waals surface area contributed by atoms with E-state index in [1.807, 2.05) is 18.5 Å². The third-order valence-corrected chi connectivity index (χ3v) is 3.94. The van der Waals surface area contributed by atoms with Crippen molar-refractivity contribution in [3.05, 3.63) is 47.8 Å². The molecule has 0 unspecified atom stereocenters. The summed E-state index contributed by atoms with van der Waals surface area (Å²) in [4.78, 5) is 8.86. The minimum atomic E-state index is 0.964. The van der Waals surface area contributed by atoms with Crippen LogP contribution in [0.2, 0.25) is 0 Å². The van der Waals surface area contributed by atoms with Crippen molar-refractivity contribution in [3.8, 4) is 11.4 Å². The molecule has 0 aliphatic carbocycles. The second-order valence-corrected chi connectivity index (χ2v) is 5.96. The largest absolute Gasteiger partial charge is 0.255 e. The van der Waals surface area contributed by atoms with Gasteiger partial charge in [-0.25, -0.2) is 0 Å². The zero-order valence-electron chi connectivity index (χ0n) is 12.8. The zero-order chi connectivity index (χ0) is 14.9. The number of pyridine rings is 2. The zero-order valence-corrected chi connectivity index (χ0v) is 13.6. The van der Waals surface area contributed by atoms with Gasteiger partial charge in [0.1, 0.15) is 0 Å². The Morgan fingerprint density at radius 1 is 0.857 bits per heavy atom. The first kappa shape index (κ1) is 16.0. The molecule has 2 heterocycles. The molecule has 21 heavy (non-hydrogen) atoms. The summed E-state index contributed by atoms with van der Waals surface area (Å²) in [6, 6.07) is 8.39. The lowest BCUT2D eigenvalue weighted by Crippen LogP contribution is -1.92. The molecule has 0 bridgehead atoms. The highest BCUT2D eigenvalue weighted by atomic mass is 32.1. The van der Waals surface area contributed by atoms with Crippen molar-refractivity contribution in [1.29, 1.82) is 0 Å². The normalized spacial score (nSPS) is 10.8. The maximum absolute atomic E-state index is 4.45. The van der Waals surface area contributed by atoms with Crippen molar-refractivity contribution in [2.45, 2.75) is 45.4 Å². The van der Waals surface area contributed by atoms with E-state index in [0.717, 1.165) is 23.6 Å². The van der Waals surface area contributed by atoms with Gasteiger partial charge >= 0.3 is 0 Å². The molecular formula is C18H24N2S. The van der Waals surface area contributed by atoms with Gasteiger partial charge in [0.05, 0.1) is 11.4 Å². The van der Waals surface area contributed by atoms with Crippen molar-refractivity contribution in [3.63, 3.8) is 0 Å². The summed E-state index contributed by atoms with van der Waals surface area (Å²) < 4.78 is 0. The molecule has 0 saturated carbocycles. The Labute approximate surface area is 133 Å². The van der Waals surface area contributed by atoms with Crippen molar-refractivity contribution in [1.82, 2.24) is 9.97 Å². The monoisotopic (exact) mass is 300 g/mol. The Kier molecular flexibility index (Phi) is 6.74. The van der Waals surface area contributed by atoms with Gasteiger partial charge in [0, 0.05) is 12.4 Å². The molecule has 0 saturated heterocycles. The lowest BCUT2D eigenvalue weighted by Gasteiger charge is -2.05. The van der Waals surface area contributed by atoms with Crippen molar-refractivity contribution < 1.29 is 0 Å². The molecule has 0 fully saturated rings. The molecular weight excluding hydrogens is 276 g/mol. The van der Waals surface area contributed by atoms with E-state index in [-0.39, 0.29) is 0 Å². The quantitative estimate of drug-likeness (QED) is 0.555. The Morgan fingerprint density at radius 2 is 1.52 bits per heavy atom. The molecule has 112 valence electrons. The van der Waals surface area contributed by atoms with E-state index in [1.165, 1.54) is 43.2 Å². The molecule has 2 rings (SSSR count). The first-order chi connectivity index (χ1) is 10.3. The van der Waals surface area contributed by atoms with Crippen LogP contribution in [0.5, 0.6) is 0 Å². The molecule has 2 aromatic rings. The topological polar surface area (TPSA) is 25.8 Å². The molecule has 0 radical (unpaired) electrons. The minimum absolute atomic E-state index is 0.964. The molecule has 0 spiro atoms. The summed E-state index contributed by atoms with van der Waals surface area (Å²) in [7, 11) is 0. The third kappa shape index (κ3) is 5.50. The van der Waals surface area contributed by atoms with Gasteiger partial charge in [-0.1, -0.05) is 19.3 Å². The number of rotatable bonds is 8. The first-order valence-corrected chi connectivity index (χ1v) is 8.41. The van der Waals surface area contributed by atoms with Crippen LogP contribution >= 0.6 is 12.6 Å². The van der Waals surface area contributed by atoms with Crippen LogP contribution in [0, 0.1) is 6.92 Å². The second kappa shape index (κ2) is 8.83. The fourth-order valence-electron chi connectivity index (χ4n) is 2.42. The van der Waals surface area contributed by atoms with Crippen LogP contribution in [0.15, 0.2) is 36.7 Å².